The van der Waals surface area contributed by atoms with E-state index in [4.69, 9.17) is 16.0 Å². The summed E-state index contributed by atoms with van der Waals surface area (Å²) in [5.74, 6) is -1.62. The predicted octanol–water partition coefficient (Wildman–Crippen LogP) is 6.21. The van der Waals surface area contributed by atoms with Crippen LogP contribution in [0.1, 0.15) is 37.5 Å². The Balaban J connectivity index is 1.99. The van der Waals surface area contributed by atoms with Crippen molar-refractivity contribution in [2.45, 2.75) is 44.9 Å². The maximum absolute atomic E-state index is 14.0. The van der Waals surface area contributed by atoms with E-state index in [0.29, 0.717) is 0 Å². The lowest BCUT2D eigenvalue weighted by Gasteiger charge is -2.33. The molecule has 1 aliphatic rings. The number of phenolic OH excluding ortho intramolecular Hbond substituents is 1. The molecule has 3 aromatic rings. The first kappa shape index (κ1) is 21.7. The normalized spacial score (nSPS) is 17.9. The van der Waals surface area contributed by atoms with Gasteiger partial charge in [0.05, 0.1) is 16.5 Å². The van der Waals surface area contributed by atoms with Crippen LogP contribution >= 0.6 is 11.6 Å². The van der Waals surface area contributed by atoms with Gasteiger partial charge in [0, 0.05) is 23.2 Å². The van der Waals surface area contributed by atoms with Gasteiger partial charge in [-0.05, 0) is 44.5 Å². The third-order valence-electron chi connectivity index (χ3n) is 5.84. The van der Waals surface area contributed by atoms with E-state index in [1.54, 1.807) is 6.07 Å². The predicted molar refractivity (Wildman–Crippen MR) is 113 cm³/mol. The highest BCUT2D eigenvalue weighted by atomic mass is 35.5. The molecule has 2 heterocycles. The molecular weight excluding hydrogens is 431 g/mol. The van der Waals surface area contributed by atoms with E-state index in [9.17, 15) is 23.1 Å². The Morgan fingerprint density at radius 3 is 2.61 bits per heavy atom. The van der Waals surface area contributed by atoms with Crippen molar-refractivity contribution in [3.05, 3.63) is 63.0 Å². The number of benzene rings is 2. The summed E-state index contributed by atoms with van der Waals surface area (Å²) in [4.78, 5) is 15.3. The Morgan fingerprint density at radius 1 is 1.19 bits per heavy atom. The molecule has 2 aromatic carbocycles. The average Bonchev–Trinajstić information content (AvgIpc) is 2.71. The summed E-state index contributed by atoms with van der Waals surface area (Å²) in [7, 11) is 0. The van der Waals surface area contributed by atoms with E-state index >= 15 is 0 Å². The Hall–Kier alpha value is -2.51. The molecule has 4 rings (SSSR count). The lowest BCUT2D eigenvalue weighted by Crippen LogP contribution is -2.36. The Bertz CT molecular complexity index is 1190. The minimum Gasteiger partial charge on any atom is -0.507 e. The van der Waals surface area contributed by atoms with Crippen LogP contribution in [-0.2, 0) is 12.7 Å². The monoisotopic (exact) mass is 451 g/mol. The third-order valence-corrected chi connectivity index (χ3v) is 6.17. The van der Waals surface area contributed by atoms with Crippen molar-refractivity contribution in [3.63, 3.8) is 0 Å². The zero-order valence-corrected chi connectivity index (χ0v) is 17.6. The smallest absolute Gasteiger partial charge is 0.450 e. The van der Waals surface area contributed by atoms with E-state index in [0.717, 1.165) is 25.8 Å². The van der Waals surface area contributed by atoms with Gasteiger partial charge >= 0.3 is 6.18 Å². The molecule has 1 atom stereocenters. The van der Waals surface area contributed by atoms with Crippen LogP contribution in [0, 0.1) is 0 Å². The molecule has 164 valence electrons. The Morgan fingerprint density at radius 2 is 1.94 bits per heavy atom. The number of likely N-dealkylation sites (tertiary alicyclic amines) is 1. The average molecular weight is 452 g/mol. The summed E-state index contributed by atoms with van der Waals surface area (Å²) in [5.41, 5.74) is -1.58. The van der Waals surface area contributed by atoms with Crippen molar-refractivity contribution in [2.24, 2.45) is 0 Å². The quantitative estimate of drug-likeness (QED) is 0.514. The van der Waals surface area contributed by atoms with E-state index < -0.39 is 22.9 Å². The van der Waals surface area contributed by atoms with Crippen molar-refractivity contribution in [2.75, 3.05) is 6.54 Å². The number of aromatic hydroxyl groups is 1. The summed E-state index contributed by atoms with van der Waals surface area (Å²) in [6.45, 7) is 2.98. The van der Waals surface area contributed by atoms with Gasteiger partial charge in [-0.15, -0.1) is 0 Å². The highest BCUT2D eigenvalue weighted by Crippen LogP contribution is 2.41. The minimum absolute atomic E-state index is 0.0146. The first-order chi connectivity index (χ1) is 14.7. The zero-order valence-electron chi connectivity index (χ0n) is 16.8. The van der Waals surface area contributed by atoms with E-state index in [-0.39, 0.29) is 45.5 Å². The Labute approximate surface area is 181 Å². The molecule has 1 aliphatic heterocycles. The molecule has 0 radical (unpaired) electrons. The van der Waals surface area contributed by atoms with Gasteiger partial charge in [0.15, 0.2) is 0 Å². The molecule has 31 heavy (non-hydrogen) atoms. The molecule has 1 fully saturated rings. The second-order valence-corrected chi connectivity index (χ2v) is 8.28. The number of nitrogens with zero attached hydrogens (tertiary/aromatic N) is 1. The highest BCUT2D eigenvalue weighted by molar-refractivity contribution is 6.33. The maximum atomic E-state index is 14.0. The topological polar surface area (TPSA) is 53.7 Å². The van der Waals surface area contributed by atoms with Crippen LogP contribution in [0.15, 0.2) is 45.6 Å². The lowest BCUT2D eigenvalue weighted by molar-refractivity contribution is -0.152. The van der Waals surface area contributed by atoms with Gasteiger partial charge in [0.2, 0.25) is 11.2 Å². The fourth-order valence-electron chi connectivity index (χ4n) is 4.16. The number of fused-ring (bicyclic) bond motifs is 1. The van der Waals surface area contributed by atoms with E-state index in [1.165, 1.54) is 30.3 Å². The maximum Gasteiger partial charge on any atom is 0.450 e. The van der Waals surface area contributed by atoms with Crippen molar-refractivity contribution in [3.8, 4) is 16.9 Å². The van der Waals surface area contributed by atoms with Crippen molar-refractivity contribution >= 4 is 22.6 Å². The third kappa shape index (κ3) is 4.04. The molecular formula is C23H21ClF3NO3. The van der Waals surface area contributed by atoms with Gasteiger partial charge in [0.25, 0.3) is 0 Å². The van der Waals surface area contributed by atoms with E-state index in [2.05, 4.69) is 4.90 Å². The summed E-state index contributed by atoms with van der Waals surface area (Å²) in [6, 6.07) is 8.67. The molecule has 1 aromatic heterocycles. The van der Waals surface area contributed by atoms with Gasteiger partial charge in [-0.2, -0.15) is 13.2 Å². The molecule has 1 N–H and O–H groups in total. The lowest BCUT2D eigenvalue weighted by atomic mass is 9.99. The number of phenols is 1. The molecule has 1 saturated heterocycles. The van der Waals surface area contributed by atoms with Crippen LogP contribution in [0.4, 0.5) is 13.2 Å². The first-order valence-corrected chi connectivity index (χ1v) is 10.4. The van der Waals surface area contributed by atoms with Crippen molar-refractivity contribution in [1.82, 2.24) is 4.90 Å². The van der Waals surface area contributed by atoms with Crippen LogP contribution in [0.25, 0.3) is 22.1 Å². The van der Waals surface area contributed by atoms with Crippen LogP contribution < -0.4 is 5.43 Å². The summed E-state index contributed by atoms with van der Waals surface area (Å²) in [6.07, 6.45) is -1.93. The van der Waals surface area contributed by atoms with Gasteiger partial charge in [-0.1, -0.05) is 36.2 Å². The SMILES string of the molecule is CC1CCCCN1Cc1c(O)ccc2c(=O)c(-c3ccccc3Cl)c(C(F)(F)F)oc12. The van der Waals surface area contributed by atoms with Crippen molar-refractivity contribution in [1.29, 1.82) is 0 Å². The van der Waals surface area contributed by atoms with Gasteiger partial charge in [-0.25, -0.2) is 0 Å². The number of hydrogen-bond donors (Lipinski definition) is 1. The molecule has 4 nitrogen and oxygen atoms in total. The Kier molecular flexibility index (Phi) is 5.75. The number of alkyl halides is 3. The molecule has 0 bridgehead atoms. The molecule has 0 saturated carbocycles. The summed E-state index contributed by atoms with van der Waals surface area (Å²) in [5, 5.41) is 10.4. The summed E-state index contributed by atoms with van der Waals surface area (Å²) >= 11 is 6.11. The fraction of sp³-hybridized carbons (Fsp3) is 0.348. The van der Waals surface area contributed by atoms with Gasteiger partial charge in [-0.3, -0.25) is 9.69 Å². The van der Waals surface area contributed by atoms with Crippen LogP contribution in [0.5, 0.6) is 5.75 Å². The van der Waals surface area contributed by atoms with Crippen LogP contribution in [0.3, 0.4) is 0 Å². The van der Waals surface area contributed by atoms with Crippen molar-refractivity contribution < 1.29 is 22.7 Å². The minimum atomic E-state index is -4.93. The molecule has 0 amide bonds. The molecule has 0 aliphatic carbocycles. The highest BCUT2D eigenvalue weighted by Gasteiger charge is 2.40. The van der Waals surface area contributed by atoms with Crippen LogP contribution in [-0.4, -0.2) is 22.6 Å². The standard InChI is InChI=1S/C23H21ClF3NO3/c1-13-6-4-5-11-28(13)12-16-18(29)10-9-15-20(30)19(14-7-2-3-8-17(14)24)22(23(25,26)27)31-21(15)16/h2-3,7-10,13,29H,4-6,11-12H2,1H3. The molecule has 1 unspecified atom stereocenters. The van der Waals surface area contributed by atoms with Gasteiger partial charge in [0.1, 0.15) is 11.3 Å². The van der Waals surface area contributed by atoms with E-state index in [1.807, 2.05) is 6.92 Å². The van der Waals surface area contributed by atoms with Gasteiger partial charge < -0.3 is 9.52 Å². The molecule has 0 spiro atoms. The first-order valence-electron chi connectivity index (χ1n) is 10.1. The number of halogens is 4. The fourth-order valence-corrected chi connectivity index (χ4v) is 4.39. The second-order valence-electron chi connectivity index (χ2n) is 7.87. The van der Waals surface area contributed by atoms with Crippen LogP contribution in [0.2, 0.25) is 5.02 Å². The number of piperidine rings is 1. The largest absolute Gasteiger partial charge is 0.507 e. The second kappa shape index (κ2) is 8.20. The zero-order chi connectivity index (χ0) is 22.3. The number of hydrogen-bond acceptors (Lipinski definition) is 4. The molecule has 8 heteroatoms. The number of rotatable bonds is 3. The summed E-state index contributed by atoms with van der Waals surface area (Å²) < 4.78 is 47.3.